The van der Waals surface area contributed by atoms with Crippen molar-refractivity contribution in [3.63, 3.8) is 0 Å². The fourth-order valence-electron chi connectivity index (χ4n) is 1.63. The molecule has 98 valence electrons. The van der Waals surface area contributed by atoms with E-state index in [-0.39, 0.29) is 12.5 Å². The van der Waals surface area contributed by atoms with Crippen LogP contribution in [-0.2, 0) is 11.3 Å². The van der Waals surface area contributed by atoms with Crippen LogP contribution in [0.3, 0.4) is 0 Å². The van der Waals surface area contributed by atoms with Crippen LogP contribution >= 0.6 is 0 Å². The highest BCUT2D eigenvalue weighted by molar-refractivity contribution is 5.77. The molecule has 1 aromatic heterocycles. The smallest absolute Gasteiger partial charge is 0.243 e. The van der Waals surface area contributed by atoms with Crippen LogP contribution in [-0.4, -0.2) is 41.0 Å². The van der Waals surface area contributed by atoms with E-state index in [1.54, 1.807) is 37.1 Å². The van der Waals surface area contributed by atoms with Gasteiger partial charge in [0.2, 0.25) is 5.91 Å². The Bertz CT molecular complexity index is 585. The minimum absolute atomic E-state index is 0.00838. The molecule has 2 rings (SSSR count). The van der Waals surface area contributed by atoms with Gasteiger partial charge in [0.05, 0.1) is 6.20 Å². The number of aromatic nitrogens is 2. The molecule has 0 N–H and O–H groups in total. The van der Waals surface area contributed by atoms with E-state index in [4.69, 9.17) is 0 Å². The van der Waals surface area contributed by atoms with Crippen LogP contribution < -0.4 is 0 Å². The zero-order valence-electron chi connectivity index (χ0n) is 10.9. The Hall–Kier alpha value is -2.43. The van der Waals surface area contributed by atoms with Crippen molar-refractivity contribution >= 4 is 12.2 Å². The predicted octanol–water partition coefficient (Wildman–Crippen LogP) is 1.45. The zero-order chi connectivity index (χ0) is 13.8. The third kappa shape index (κ3) is 3.07. The molecule has 19 heavy (non-hydrogen) atoms. The van der Waals surface area contributed by atoms with Gasteiger partial charge in [-0.25, -0.2) is 0 Å². The Labute approximate surface area is 111 Å². The number of likely N-dealkylation sites (N-methyl/N-ethyl adjacent to an activating group) is 1. The lowest BCUT2D eigenvalue weighted by molar-refractivity contribution is -0.129. The number of carbonyl (C=O) groups is 2. The van der Waals surface area contributed by atoms with Crippen molar-refractivity contribution in [2.75, 3.05) is 14.1 Å². The quantitative estimate of drug-likeness (QED) is 0.779. The summed E-state index contributed by atoms with van der Waals surface area (Å²) in [6.07, 6.45) is 4.33. The normalized spacial score (nSPS) is 10.2. The fourth-order valence-corrected chi connectivity index (χ4v) is 1.63. The molecule has 0 bridgehead atoms. The molecule has 0 saturated carbocycles. The summed E-state index contributed by atoms with van der Waals surface area (Å²) in [7, 11) is 3.43. The van der Waals surface area contributed by atoms with Gasteiger partial charge in [0.25, 0.3) is 0 Å². The maximum absolute atomic E-state index is 11.6. The summed E-state index contributed by atoms with van der Waals surface area (Å²) in [6.45, 7) is 0.222. The molecule has 0 fully saturated rings. The summed E-state index contributed by atoms with van der Waals surface area (Å²) in [5, 5.41) is 4.16. The predicted molar refractivity (Wildman–Crippen MR) is 71.7 cm³/mol. The number of nitrogens with zero attached hydrogens (tertiary/aromatic N) is 3. The van der Waals surface area contributed by atoms with Crippen LogP contribution in [0.15, 0.2) is 36.7 Å². The highest BCUT2D eigenvalue weighted by Gasteiger charge is 2.07. The van der Waals surface area contributed by atoms with Gasteiger partial charge >= 0.3 is 0 Å². The second-order valence-electron chi connectivity index (χ2n) is 4.45. The van der Waals surface area contributed by atoms with E-state index >= 15 is 0 Å². The largest absolute Gasteiger partial charge is 0.347 e. The number of hydrogen-bond acceptors (Lipinski definition) is 3. The molecule has 0 aliphatic heterocycles. The average Bonchev–Trinajstić information content (AvgIpc) is 2.87. The minimum atomic E-state index is -0.00838. The van der Waals surface area contributed by atoms with Crippen molar-refractivity contribution < 1.29 is 9.59 Å². The van der Waals surface area contributed by atoms with Crippen molar-refractivity contribution in [1.29, 1.82) is 0 Å². The molecule has 0 unspecified atom stereocenters. The maximum Gasteiger partial charge on any atom is 0.243 e. The number of amides is 1. The van der Waals surface area contributed by atoms with Crippen LogP contribution in [0.4, 0.5) is 0 Å². The summed E-state index contributed by atoms with van der Waals surface area (Å²) in [5.41, 5.74) is 2.53. The average molecular weight is 257 g/mol. The summed E-state index contributed by atoms with van der Waals surface area (Å²) in [5.74, 6) is -0.00838. The molecule has 0 atom stereocenters. The van der Waals surface area contributed by atoms with Gasteiger partial charge in [0.1, 0.15) is 12.8 Å². The van der Waals surface area contributed by atoms with Crippen LogP contribution in [0.1, 0.15) is 10.4 Å². The Kier molecular flexibility index (Phi) is 3.75. The molecule has 1 aromatic carbocycles. The van der Waals surface area contributed by atoms with Crippen molar-refractivity contribution in [2.45, 2.75) is 6.54 Å². The second-order valence-corrected chi connectivity index (χ2v) is 4.45. The number of carbonyl (C=O) groups excluding carboxylic acids is 2. The third-order valence-corrected chi connectivity index (χ3v) is 2.81. The standard InChI is InChI=1S/C14H15N3O2/c1-16(2)14(19)9-17-8-13(7-15-17)12-5-3-11(10-18)4-6-12/h3-8,10H,9H2,1-2H3. The number of rotatable bonds is 4. The molecule has 0 radical (unpaired) electrons. The molecule has 1 heterocycles. The summed E-state index contributed by atoms with van der Waals surface area (Å²) in [6, 6.07) is 7.23. The molecule has 5 heteroatoms. The first-order valence-electron chi connectivity index (χ1n) is 5.88. The van der Waals surface area contributed by atoms with Crippen LogP contribution in [0, 0.1) is 0 Å². The Morgan fingerprint density at radius 1 is 1.26 bits per heavy atom. The van der Waals surface area contributed by atoms with E-state index in [0.717, 1.165) is 17.4 Å². The van der Waals surface area contributed by atoms with Gasteiger partial charge in [-0.3, -0.25) is 14.3 Å². The first-order valence-corrected chi connectivity index (χ1v) is 5.88. The molecule has 0 spiro atoms. The van der Waals surface area contributed by atoms with Gasteiger partial charge in [-0.1, -0.05) is 24.3 Å². The second kappa shape index (κ2) is 5.48. The summed E-state index contributed by atoms with van der Waals surface area (Å²) in [4.78, 5) is 23.7. The highest BCUT2D eigenvalue weighted by Crippen LogP contribution is 2.18. The first kappa shape index (κ1) is 13.0. The zero-order valence-corrected chi connectivity index (χ0v) is 10.9. The number of aldehydes is 1. The van der Waals surface area contributed by atoms with Crippen LogP contribution in [0.2, 0.25) is 0 Å². The minimum Gasteiger partial charge on any atom is -0.347 e. The molecule has 0 aliphatic carbocycles. The maximum atomic E-state index is 11.6. The van der Waals surface area contributed by atoms with Crippen LogP contribution in [0.25, 0.3) is 11.1 Å². The number of hydrogen-bond donors (Lipinski definition) is 0. The summed E-state index contributed by atoms with van der Waals surface area (Å²) < 4.78 is 1.60. The van der Waals surface area contributed by atoms with E-state index in [1.165, 1.54) is 4.90 Å². The Morgan fingerprint density at radius 3 is 2.53 bits per heavy atom. The van der Waals surface area contributed by atoms with Gasteiger partial charge in [-0.2, -0.15) is 5.10 Å². The molecular weight excluding hydrogens is 242 g/mol. The van der Waals surface area contributed by atoms with Crippen molar-refractivity contribution in [1.82, 2.24) is 14.7 Å². The molecule has 2 aromatic rings. The third-order valence-electron chi connectivity index (χ3n) is 2.81. The van der Waals surface area contributed by atoms with E-state index in [1.807, 2.05) is 18.3 Å². The fraction of sp³-hybridized carbons (Fsp3) is 0.214. The molecule has 5 nitrogen and oxygen atoms in total. The van der Waals surface area contributed by atoms with Gasteiger partial charge < -0.3 is 4.90 Å². The monoisotopic (exact) mass is 257 g/mol. The topological polar surface area (TPSA) is 55.2 Å². The SMILES string of the molecule is CN(C)C(=O)Cn1cc(-c2ccc(C=O)cc2)cn1. The van der Waals surface area contributed by atoms with Gasteiger partial charge in [0.15, 0.2) is 0 Å². The van der Waals surface area contributed by atoms with E-state index in [9.17, 15) is 9.59 Å². The Balaban J connectivity index is 2.15. The van der Waals surface area contributed by atoms with Crippen LogP contribution in [0.5, 0.6) is 0 Å². The molecular formula is C14H15N3O2. The lowest BCUT2D eigenvalue weighted by atomic mass is 10.1. The summed E-state index contributed by atoms with van der Waals surface area (Å²) >= 11 is 0. The Morgan fingerprint density at radius 2 is 1.95 bits per heavy atom. The van der Waals surface area contributed by atoms with Gasteiger partial charge in [0, 0.05) is 31.4 Å². The van der Waals surface area contributed by atoms with E-state index < -0.39 is 0 Å². The van der Waals surface area contributed by atoms with E-state index in [0.29, 0.717) is 5.56 Å². The molecule has 0 aliphatic rings. The highest BCUT2D eigenvalue weighted by atomic mass is 16.2. The van der Waals surface area contributed by atoms with Gasteiger partial charge in [-0.15, -0.1) is 0 Å². The lowest BCUT2D eigenvalue weighted by Crippen LogP contribution is -2.26. The van der Waals surface area contributed by atoms with E-state index in [2.05, 4.69) is 5.10 Å². The molecule has 1 amide bonds. The number of benzene rings is 1. The lowest BCUT2D eigenvalue weighted by Gasteiger charge is -2.09. The van der Waals surface area contributed by atoms with Crippen molar-refractivity contribution in [3.8, 4) is 11.1 Å². The van der Waals surface area contributed by atoms with Crippen molar-refractivity contribution in [2.24, 2.45) is 0 Å². The van der Waals surface area contributed by atoms with Gasteiger partial charge in [-0.05, 0) is 5.56 Å². The molecule has 0 saturated heterocycles. The van der Waals surface area contributed by atoms with Crippen molar-refractivity contribution in [3.05, 3.63) is 42.2 Å². The first-order chi connectivity index (χ1) is 9.10.